The van der Waals surface area contributed by atoms with Crippen LogP contribution in [0.2, 0.25) is 0 Å². The molecular formula is C9H16F3NO. The minimum atomic E-state index is -4.54. The van der Waals surface area contributed by atoms with Gasteiger partial charge < -0.3 is 5.11 Å². The number of hydrogen-bond donors (Lipinski definition) is 1. The Morgan fingerprint density at radius 2 is 2.00 bits per heavy atom. The normalized spacial score (nSPS) is 29.1. The van der Waals surface area contributed by atoms with Gasteiger partial charge in [-0.15, -0.1) is 0 Å². The van der Waals surface area contributed by atoms with Gasteiger partial charge in [-0.25, -0.2) is 0 Å². The number of halogens is 3. The van der Waals surface area contributed by atoms with Crippen molar-refractivity contribution in [2.75, 3.05) is 19.6 Å². The molecule has 1 aliphatic rings. The second-order valence-electron chi connectivity index (χ2n) is 4.40. The fourth-order valence-electron chi connectivity index (χ4n) is 1.69. The SMILES string of the molecule is CC1CCN(CC(C)(O)C(F)(F)F)C1. The van der Waals surface area contributed by atoms with Crippen LogP contribution in [0.4, 0.5) is 13.2 Å². The van der Waals surface area contributed by atoms with E-state index in [1.807, 2.05) is 6.92 Å². The first-order valence-electron chi connectivity index (χ1n) is 4.74. The molecule has 2 nitrogen and oxygen atoms in total. The van der Waals surface area contributed by atoms with Crippen molar-refractivity contribution in [1.82, 2.24) is 4.90 Å². The lowest BCUT2D eigenvalue weighted by Gasteiger charge is -2.30. The maximum Gasteiger partial charge on any atom is 0.418 e. The second kappa shape index (κ2) is 3.70. The van der Waals surface area contributed by atoms with Crippen molar-refractivity contribution in [3.63, 3.8) is 0 Å². The minimum Gasteiger partial charge on any atom is -0.380 e. The molecule has 1 aliphatic heterocycles. The number of likely N-dealkylation sites (tertiary alicyclic amines) is 1. The highest BCUT2D eigenvalue weighted by atomic mass is 19.4. The average Bonchev–Trinajstić information content (AvgIpc) is 2.31. The van der Waals surface area contributed by atoms with Gasteiger partial charge in [-0.3, -0.25) is 4.90 Å². The molecule has 0 bridgehead atoms. The van der Waals surface area contributed by atoms with Gasteiger partial charge in [0.25, 0.3) is 0 Å². The maximum absolute atomic E-state index is 12.3. The van der Waals surface area contributed by atoms with E-state index in [0.717, 1.165) is 13.3 Å². The molecule has 0 radical (unpaired) electrons. The molecule has 0 amide bonds. The van der Waals surface area contributed by atoms with E-state index in [9.17, 15) is 18.3 Å². The summed E-state index contributed by atoms with van der Waals surface area (Å²) in [7, 11) is 0. The third-order valence-corrected chi connectivity index (χ3v) is 2.65. The highest BCUT2D eigenvalue weighted by Crippen LogP contribution is 2.31. The molecule has 1 heterocycles. The van der Waals surface area contributed by atoms with E-state index in [-0.39, 0.29) is 6.54 Å². The molecule has 0 saturated carbocycles. The van der Waals surface area contributed by atoms with Gasteiger partial charge in [0.1, 0.15) is 0 Å². The lowest BCUT2D eigenvalue weighted by atomic mass is 10.1. The highest BCUT2D eigenvalue weighted by molar-refractivity contribution is 4.87. The quantitative estimate of drug-likeness (QED) is 0.750. The van der Waals surface area contributed by atoms with E-state index in [1.165, 1.54) is 0 Å². The van der Waals surface area contributed by atoms with E-state index < -0.39 is 11.8 Å². The molecular weight excluding hydrogens is 195 g/mol. The van der Waals surface area contributed by atoms with Crippen molar-refractivity contribution >= 4 is 0 Å². The third-order valence-electron chi connectivity index (χ3n) is 2.65. The molecule has 2 atom stereocenters. The van der Waals surface area contributed by atoms with Crippen LogP contribution in [-0.2, 0) is 0 Å². The van der Waals surface area contributed by atoms with Crippen LogP contribution in [0.3, 0.4) is 0 Å². The zero-order chi connectivity index (χ0) is 11.0. The number of rotatable bonds is 2. The third kappa shape index (κ3) is 2.60. The zero-order valence-electron chi connectivity index (χ0n) is 8.43. The van der Waals surface area contributed by atoms with Gasteiger partial charge in [0.05, 0.1) is 0 Å². The highest BCUT2D eigenvalue weighted by Gasteiger charge is 2.50. The summed E-state index contributed by atoms with van der Waals surface area (Å²) < 4.78 is 36.9. The summed E-state index contributed by atoms with van der Waals surface area (Å²) in [6, 6.07) is 0. The van der Waals surface area contributed by atoms with E-state index in [4.69, 9.17) is 0 Å². The van der Waals surface area contributed by atoms with Gasteiger partial charge >= 0.3 is 6.18 Å². The van der Waals surface area contributed by atoms with E-state index in [0.29, 0.717) is 19.0 Å². The molecule has 2 unspecified atom stereocenters. The molecule has 1 N–H and O–H groups in total. The topological polar surface area (TPSA) is 23.5 Å². The number of nitrogens with zero attached hydrogens (tertiary/aromatic N) is 1. The smallest absolute Gasteiger partial charge is 0.380 e. The van der Waals surface area contributed by atoms with Crippen LogP contribution in [0.5, 0.6) is 0 Å². The number of hydrogen-bond acceptors (Lipinski definition) is 2. The van der Waals surface area contributed by atoms with Crippen molar-refractivity contribution < 1.29 is 18.3 Å². The molecule has 1 rings (SSSR count). The molecule has 1 fully saturated rings. The summed E-state index contributed by atoms with van der Waals surface area (Å²) in [6.07, 6.45) is -3.63. The summed E-state index contributed by atoms with van der Waals surface area (Å²) in [5.74, 6) is 0.430. The van der Waals surface area contributed by atoms with Crippen molar-refractivity contribution in [2.24, 2.45) is 5.92 Å². The molecule has 0 aromatic carbocycles. The monoisotopic (exact) mass is 211 g/mol. The van der Waals surface area contributed by atoms with Crippen molar-refractivity contribution in [1.29, 1.82) is 0 Å². The van der Waals surface area contributed by atoms with Crippen molar-refractivity contribution in [3.05, 3.63) is 0 Å². The fourth-order valence-corrected chi connectivity index (χ4v) is 1.69. The summed E-state index contributed by atoms with van der Waals surface area (Å²) in [6.45, 7) is 3.80. The Balaban J connectivity index is 2.51. The average molecular weight is 211 g/mol. The molecule has 0 aromatic rings. The first kappa shape index (κ1) is 11.8. The van der Waals surface area contributed by atoms with Crippen LogP contribution in [0.1, 0.15) is 20.3 Å². The molecule has 0 aromatic heterocycles. The van der Waals surface area contributed by atoms with Crippen LogP contribution < -0.4 is 0 Å². The van der Waals surface area contributed by atoms with Gasteiger partial charge in [-0.1, -0.05) is 6.92 Å². The molecule has 5 heteroatoms. The van der Waals surface area contributed by atoms with Gasteiger partial charge in [0.2, 0.25) is 0 Å². The largest absolute Gasteiger partial charge is 0.418 e. The first-order chi connectivity index (χ1) is 6.22. The Hall–Kier alpha value is -0.290. The van der Waals surface area contributed by atoms with Gasteiger partial charge in [-0.05, 0) is 25.8 Å². The van der Waals surface area contributed by atoms with Crippen LogP contribution >= 0.6 is 0 Å². The fraction of sp³-hybridized carbons (Fsp3) is 1.00. The number of β-amino-alcohol motifs (C(OH)–C–C–N with tert-alkyl or cyclic N) is 1. The summed E-state index contributed by atoms with van der Waals surface area (Å²) in [4.78, 5) is 1.66. The second-order valence-corrected chi connectivity index (χ2v) is 4.40. The van der Waals surface area contributed by atoms with E-state index >= 15 is 0 Å². The standard InChI is InChI=1S/C9H16F3NO/c1-7-3-4-13(5-7)6-8(2,14)9(10,11)12/h7,14H,3-6H2,1-2H3. The summed E-state index contributed by atoms with van der Waals surface area (Å²) >= 11 is 0. The zero-order valence-corrected chi connectivity index (χ0v) is 8.43. The van der Waals surface area contributed by atoms with Gasteiger partial charge in [0, 0.05) is 13.1 Å². The predicted octanol–water partition coefficient (Wildman–Crippen LogP) is 1.64. The van der Waals surface area contributed by atoms with Crippen LogP contribution in [0.15, 0.2) is 0 Å². The van der Waals surface area contributed by atoms with Crippen LogP contribution in [-0.4, -0.2) is 41.4 Å². The molecule has 14 heavy (non-hydrogen) atoms. The Morgan fingerprint density at radius 3 is 2.36 bits per heavy atom. The Morgan fingerprint density at radius 1 is 1.43 bits per heavy atom. The first-order valence-corrected chi connectivity index (χ1v) is 4.74. The lowest BCUT2D eigenvalue weighted by Crippen LogP contribution is -2.50. The van der Waals surface area contributed by atoms with E-state index in [1.54, 1.807) is 4.90 Å². The Labute approximate surface area is 81.7 Å². The number of alkyl halides is 3. The molecule has 0 aliphatic carbocycles. The van der Waals surface area contributed by atoms with Gasteiger partial charge in [0.15, 0.2) is 5.60 Å². The summed E-state index contributed by atoms with van der Waals surface area (Å²) in [5.41, 5.74) is -2.59. The maximum atomic E-state index is 12.3. The number of aliphatic hydroxyl groups is 1. The lowest BCUT2D eigenvalue weighted by molar-refractivity contribution is -0.256. The Bertz CT molecular complexity index is 203. The molecule has 0 spiro atoms. The minimum absolute atomic E-state index is 0.319. The summed E-state index contributed by atoms with van der Waals surface area (Å²) in [5, 5.41) is 9.23. The Kier molecular flexibility index (Phi) is 3.11. The molecule has 84 valence electrons. The van der Waals surface area contributed by atoms with Crippen molar-refractivity contribution in [3.8, 4) is 0 Å². The predicted molar refractivity (Wildman–Crippen MR) is 46.9 cm³/mol. The molecule has 1 saturated heterocycles. The van der Waals surface area contributed by atoms with Crippen LogP contribution in [0.25, 0.3) is 0 Å². The van der Waals surface area contributed by atoms with Crippen molar-refractivity contribution in [2.45, 2.75) is 32.0 Å². The van der Waals surface area contributed by atoms with E-state index in [2.05, 4.69) is 0 Å². The van der Waals surface area contributed by atoms with Crippen LogP contribution in [0, 0.1) is 5.92 Å². The van der Waals surface area contributed by atoms with Gasteiger partial charge in [-0.2, -0.15) is 13.2 Å².